The van der Waals surface area contributed by atoms with Crippen molar-refractivity contribution in [3.63, 3.8) is 0 Å². The molecule has 0 unspecified atom stereocenters. The van der Waals surface area contributed by atoms with Crippen LogP contribution in [0.1, 0.15) is 58.1 Å². The molecule has 0 fully saturated rings. The molecule has 0 aliphatic carbocycles. The Kier molecular flexibility index (Phi) is 11.3. The Balaban J connectivity index is 3.43. The SMILES string of the molecule is C/C=C(S/C(=C\CC)OC)/C(=C\CCC)/C=C(/OCC)c1cc(N)ccc1C. The van der Waals surface area contributed by atoms with Crippen LogP contribution in [0.25, 0.3) is 5.76 Å². The Morgan fingerprint density at radius 1 is 1.18 bits per heavy atom. The summed E-state index contributed by atoms with van der Waals surface area (Å²) in [6, 6.07) is 5.93. The van der Waals surface area contributed by atoms with Crippen LogP contribution in [0.5, 0.6) is 0 Å². The number of aryl methyl sites for hydroxylation is 1. The summed E-state index contributed by atoms with van der Waals surface area (Å²) in [6.45, 7) is 11.0. The average Bonchev–Trinajstić information content (AvgIpc) is 2.69. The van der Waals surface area contributed by atoms with E-state index in [-0.39, 0.29) is 0 Å². The first kappa shape index (κ1) is 24.0. The second-order valence-electron chi connectivity index (χ2n) is 6.35. The summed E-state index contributed by atoms with van der Waals surface area (Å²) in [5.74, 6) is 0.841. The molecular weight excluding hydrogens is 366 g/mol. The van der Waals surface area contributed by atoms with Gasteiger partial charge in [-0.3, -0.25) is 0 Å². The summed E-state index contributed by atoms with van der Waals surface area (Å²) in [7, 11) is 1.72. The number of hydrogen-bond donors (Lipinski definition) is 1. The number of benzene rings is 1. The molecule has 154 valence electrons. The van der Waals surface area contributed by atoms with Gasteiger partial charge in [0.05, 0.1) is 13.7 Å². The predicted molar refractivity (Wildman–Crippen MR) is 125 cm³/mol. The zero-order chi connectivity index (χ0) is 20.9. The van der Waals surface area contributed by atoms with E-state index in [0.29, 0.717) is 6.61 Å². The van der Waals surface area contributed by atoms with Crippen molar-refractivity contribution in [3.05, 3.63) is 69.2 Å². The van der Waals surface area contributed by atoms with Gasteiger partial charge in [-0.25, -0.2) is 0 Å². The van der Waals surface area contributed by atoms with E-state index in [9.17, 15) is 0 Å². The number of ether oxygens (including phenoxy) is 2. The minimum Gasteiger partial charge on any atom is -0.493 e. The molecule has 28 heavy (non-hydrogen) atoms. The Morgan fingerprint density at radius 3 is 2.50 bits per heavy atom. The van der Waals surface area contributed by atoms with Crippen LogP contribution < -0.4 is 5.73 Å². The molecule has 0 radical (unpaired) electrons. The lowest BCUT2D eigenvalue weighted by Crippen LogP contribution is -1.98. The van der Waals surface area contributed by atoms with Crippen molar-refractivity contribution in [3.8, 4) is 0 Å². The van der Waals surface area contributed by atoms with Crippen LogP contribution in [0.2, 0.25) is 0 Å². The molecule has 1 aromatic carbocycles. The fourth-order valence-corrected chi connectivity index (χ4v) is 3.58. The average molecular weight is 402 g/mol. The van der Waals surface area contributed by atoms with Crippen molar-refractivity contribution in [2.24, 2.45) is 0 Å². The second-order valence-corrected chi connectivity index (χ2v) is 7.40. The molecule has 1 aromatic rings. The lowest BCUT2D eigenvalue weighted by molar-refractivity contribution is 0.298. The van der Waals surface area contributed by atoms with Crippen LogP contribution in [0.15, 0.2) is 58.1 Å². The van der Waals surface area contributed by atoms with Gasteiger partial charge in [0, 0.05) is 16.2 Å². The molecular formula is C24H35NO2S. The maximum atomic E-state index is 6.04. The van der Waals surface area contributed by atoms with Crippen LogP contribution >= 0.6 is 11.8 Å². The van der Waals surface area contributed by atoms with E-state index in [4.69, 9.17) is 15.2 Å². The summed E-state index contributed by atoms with van der Waals surface area (Å²) in [4.78, 5) is 1.15. The topological polar surface area (TPSA) is 44.5 Å². The third kappa shape index (κ3) is 7.51. The van der Waals surface area contributed by atoms with Gasteiger partial charge >= 0.3 is 0 Å². The Hall–Kier alpha value is -2.07. The first-order valence-electron chi connectivity index (χ1n) is 10.00. The highest BCUT2D eigenvalue weighted by atomic mass is 32.2. The quantitative estimate of drug-likeness (QED) is 0.241. The molecule has 2 N–H and O–H groups in total. The molecule has 0 atom stereocenters. The van der Waals surface area contributed by atoms with Gasteiger partial charge in [0.1, 0.15) is 5.76 Å². The molecule has 0 aromatic heterocycles. The standard InChI is InChI=1S/C24H35NO2S/c1-7-11-13-19(23(9-3)28-24(26-6)12-8-2)16-22(27-10-4)21-17-20(25)15-14-18(21)5/h9,12-17H,7-8,10-11,25H2,1-6H3/b19-13-,22-16+,23-9-,24-12-. The van der Waals surface area contributed by atoms with Gasteiger partial charge in [-0.05, 0) is 69.0 Å². The first-order valence-corrected chi connectivity index (χ1v) is 10.8. The highest BCUT2D eigenvalue weighted by molar-refractivity contribution is 8.06. The maximum Gasteiger partial charge on any atom is 0.153 e. The van der Waals surface area contributed by atoms with Crippen molar-refractivity contribution in [2.45, 2.75) is 53.9 Å². The van der Waals surface area contributed by atoms with E-state index in [1.54, 1.807) is 18.9 Å². The van der Waals surface area contributed by atoms with Crippen molar-refractivity contribution in [1.29, 1.82) is 0 Å². The van der Waals surface area contributed by atoms with E-state index in [1.807, 2.05) is 25.1 Å². The molecule has 0 spiro atoms. The highest BCUT2D eigenvalue weighted by Crippen LogP contribution is 2.35. The van der Waals surface area contributed by atoms with Crippen molar-refractivity contribution in [2.75, 3.05) is 19.5 Å². The molecule has 0 bridgehead atoms. The van der Waals surface area contributed by atoms with Crippen molar-refractivity contribution < 1.29 is 9.47 Å². The Morgan fingerprint density at radius 2 is 1.93 bits per heavy atom. The molecule has 3 nitrogen and oxygen atoms in total. The maximum absolute atomic E-state index is 6.04. The Labute approximate surface area is 175 Å². The van der Waals surface area contributed by atoms with Gasteiger partial charge in [0.2, 0.25) is 0 Å². The summed E-state index contributed by atoms with van der Waals surface area (Å²) >= 11 is 1.64. The van der Waals surface area contributed by atoms with Gasteiger partial charge in [-0.2, -0.15) is 0 Å². The summed E-state index contributed by atoms with van der Waals surface area (Å²) < 4.78 is 11.6. The monoisotopic (exact) mass is 401 g/mol. The lowest BCUT2D eigenvalue weighted by Gasteiger charge is -2.16. The number of unbranched alkanes of at least 4 members (excludes halogenated alkanes) is 1. The zero-order valence-corrected chi connectivity index (χ0v) is 19.0. The summed E-state index contributed by atoms with van der Waals surface area (Å²) in [6.07, 6.45) is 11.6. The van der Waals surface area contributed by atoms with Crippen molar-refractivity contribution >= 4 is 23.2 Å². The minimum atomic E-state index is 0.596. The number of methoxy groups -OCH3 is 1. The number of thioether (sulfide) groups is 1. The molecule has 0 aliphatic heterocycles. The molecule has 0 heterocycles. The van der Waals surface area contributed by atoms with E-state index in [0.717, 1.165) is 57.4 Å². The van der Waals surface area contributed by atoms with E-state index in [2.05, 4.69) is 52.0 Å². The number of nitrogen functional groups attached to an aromatic ring is 1. The van der Waals surface area contributed by atoms with E-state index >= 15 is 0 Å². The molecule has 0 saturated heterocycles. The summed E-state index contributed by atoms with van der Waals surface area (Å²) in [5, 5.41) is 0.907. The molecule has 4 heteroatoms. The number of allylic oxidation sites excluding steroid dienone is 5. The number of hydrogen-bond acceptors (Lipinski definition) is 4. The van der Waals surface area contributed by atoms with Gasteiger partial charge < -0.3 is 15.2 Å². The van der Waals surface area contributed by atoms with E-state index in [1.165, 1.54) is 0 Å². The number of anilines is 1. The molecule has 0 amide bonds. The third-order valence-corrected chi connectivity index (χ3v) is 5.32. The highest BCUT2D eigenvalue weighted by Gasteiger charge is 2.12. The normalized spacial score (nSPS) is 13.6. The lowest BCUT2D eigenvalue weighted by atomic mass is 10.0. The zero-order valence-electron chi connectivity index (χ0n) is 18.2. The molecule has 0 aliphatic rings. The number of rotatable bonds is 11. The summed E-state index contributed by atoms with van der Waals surface area (Å²) in [5.41, 5.74) is 10.1. The van der Waals surface area contributed by atoms with Crippen LogP contribution in [0, 0.1) is 6.92 Å². The van der Waals surface area contributed by atoms with Crippen LogP contribution in [-0.4, -0.2) is 13.7 Å². The van der Waals surface area contributed by atoms with Crippen LogP contribution in [-0.2, 0) is 9.47 Å². The van der Waals surface area contributed by atoms with E-state index < -0.39 is 0 Å². The smallest absolute Gasteiger partial charge is 0.153 e. The third-order valence-electron chi connectivity index (χ3n) is 4.10. The van der Waals surface area contributed by atoms with Gasteiger partial charge in [0.25, 0.3) is 0 Å². The fourth-order valence-electron chi connectivity index (χ4n) is 2.66. The molecule has 0 saturated carbocycles. The fraction of sp³-hybridized carbons (Fsp3) is 0.417. The second kappa shape index (κ2) is 13.2. The predicted octanol–water partition coefficient (Wildman–Crippen LogP) is 7.22. The van der Waals surface area contributed by atoms with Gasteiger partial charge in [-0.1, -0.05) is 50.2 Å². The van der Waals surface area contributed by atoms with Gasteiger partial charge in [0.15, 0.2) is 5.09 Å². The first-order chi connectivity index (χ1) is 13.5. The van der Waals surface area contributed by atoms with Crippen LogP contribution in [0.4, 0.5) is 5.69 Å². The van der Waals surface area contributed by atoms with Gasteiger partial charge in [-0.15, -0.1) is 0 Å². The largest absolute Gasteiger partial charge is 0.493 e. The Bertz CT molecular complexity index is 745. The number of nitrogens with two attached hydrogens (primary N) is 1. The molecule has 1 rings (SSSR count). The van der Waals surface area contributed by atoms with Crippen LogP contribution in [0.3, 0.4) is 0 Å². The minimum absolute atomic E-state index is 0.596. The van der Waals surface area contributed by atoms with Crippen molar-refractivity contribution in [1.82, 2.24) is 0 Å².